The number of nitrogens with zero attached hydrogens (tertiary/aromatic N) is 3. The Balaban J connectivity index is 1.65. The van der Waals surface area contributed by atoms with Gasteiger partial charge in [-0.2, -0.15) is 5.10 Å². The van der Waals surface area contributed by atoms with Gasteiger partial charge in [-0.25, -0.2) is 9.48 Å². The molecule has 3 aromatic rings. The van der Waals surface area contributed by atoms with Crippen LogP contribution in [0, 0.1) is 0 Å². The lowest BCUT2D eigenvalue weighted by Gasteiger charge is -2.15. The summed E-state index contributed by atoms with van der Waals surface area (Å²) in [6, 6.07) is 10.4. The third kappa shape index (κ3) is 3.72. The predicted molar refractivity (Wildman–Crippen MR) is 93.4 cm³/mol. The molecule has 0 aliphatic carbocycles. The molecular weight excluding hydrogens is 326 g/mol. The van der Waals surface area contributed by atoms with E-state index in [0.29, 0.717) is 10.7 Å². The Morgan fingerprint density at radius 1 is 1.21 bits per heavy atom. The Labute approximate surface area is 144 Å². The van der Waals surface area contributed by atoms with E-state index >= 15 is 0 Å². The van der Waals surface area contributed by atoms with Crippen molar-refractivity contribution in [3.05, 3.63) is 71.8 Å². The number of amides is 2. The molecule has 0 spiro atoms. The number of benzene rings is 1. The minimum atomic E-state index is -0.304. The van der Waals surface area contributed by atoms with Crippen LogP contribution in [0.5, 0.6) is 0 Å². The number of carbonyl (C=O) groups is 1. The van der Waals surface area contributed by atoms with Crippen molar-refractivity contribution >= 4 is 23.3 Å². The van der Waals surface area contributed by atoms with E-state index in [1.54, 1.807) is 47.7 Å². The zero-order valence-electron chi connectivity index (χ0n) is 13.0. The van der Waals surface area contributed by atoms with Crippen LogP contribution in [0.2, 0.25) is 5.02 Å². The SMILES string of the molecule is CC(NC(=O)Nc1ccc(-n2cccn2)c(Cl)c1)c1ccncc1. The fourth-order valence-electron chi connectivity index (χ4n) is 2.28. The van der Waals surface area contributed by atoms with Crippen LogP contribution < -0.4 is 10.6 Å². The van der Waals surface area contributed by atoms with Crippen molar-refractivity contribution in [3.8, 4) is 5.69 Å². The summed E-state index contributed by atoms with van der Waals surface area (Å²) in [6.07, 6.45) is 6.87. The van der Waals surface area contributed by atoms with Crippen molar-refractivity contribution in [3.63, 3.8) is 0 Å². The maximum absolute atomic E-state index is 12.1. The topological polar surface area (TPSA) is 71.8 Å². The maximum atomic E-state index is 12.1. The molecule has 1 aromatic carbocycles. The first kappa shape index (κ1) is 16.0. The van der Waals surface area contributed by atoms with Crippen LogP contribution in [-0.4, -0.2) is 20.8 Å². The molecule has 0 fully saturated rings. The molecule has 0 aliphatic rings. The predicted octanol–water partition coefficient (Wildman–Crippen LogP) is 3.80. The van der Waals surface area contributed by atoms with E-state index in [0.717, 1.165) is 11.3 Å². The molecule has 0 radical (unpaired) electrons. The Morgan fingerprint density at radius 3 is 2.67 bits per heavy atom. The summed E-state index contributed by atoms with van der Waals surface area (Å²) in [7, 11) is 0. The van der Waals surface area contributed by atoms with Crippen LogP contribution in [-0.2, 0) is 0 Å². The molecule has 24 heavy (non-hydrogen) atoms. The lowest BCUT2D eigenvalue weighted by Crippen LogP contribution is -2.31. The molecule has 122 valence electrons. The Kier molecular flexibility index (Phi) is 4.77. The first-order chi connectivity index (χ1) is 11.6. The van der Waals surface area contributed by atoms with Crippen LogP contribution in [0.3, 0.4) is 0 Å². The van der Waals surface area contributed by atoms with Gasteiger partial charge in [0.25, 0.3) is 0 Å². The number of carbonyl (C=O) groups excluding carboxylic acids is 1. The van der Waals surface area contributed by atoms with Crippen molar-refractivity contribution in [2.45, 2.75) is 13.0 Å². The van der Waals surface area contributed by atoms with Gasteiger partial charge in [-0.15, -0.1) is 0 Å². The third-order valence-corrected chi connectivity index (χ3v) is 3.81. The Morgan fingerprint density at radius 2 is 2.00 bits per heavy atom. The van der Waals surface area contributed by atoms with Crippen LogP contribution in [0.4, 0.5) is 10.5 Å². The molecular formula is C17H16ClN5O. The van der Waals surface area contributed by atoms with E-state index < -0.39 is 0 Å². The van der Waals surface area contributed by atoms with Crippen molar-refractivity contribution in [2.75, 3.05) is 5.32 Å². The van der Waals surface area contributed by atoms with Gasteiger partial charge in [0.05, 0.1) is 16.8 Å². The summed E-state index contributed by atoms with van der Waals surface area (Å²) in [5, 5.41) is 10.3. The molecule has 1 atom stereocenters. The summed E-state index contributed by atoms with van der Waals surface area (Å²) in [6.45, 7) is 1.91. The highest BCUT2D eigenvalue weighted by Crippen LogP contribution is 2.24. The normalized spacial score (nSPS) is 11.8. The summed E-state index contributed by atoms with van der Waals surface area (Å²) >= 11 is 6.27. The number of rotatable bonds is 4. The molecule has 2 amide bonds. The average molecular weight is 342 g/mol. The second-order valence-electron chi connectivity index (χ2n) is 5.22. The minimum Gasteiger partial charge on any atom is -0.331 e. The van der Waals surface area contributed by atoms with Gasteiger partial charge in [0.2, 0.25) is 0 Å². The van der Waals surface area contributed by atoms with Crippen LogP contribution >= 0.6 is 11.6 Å². The number of hydrogen-bond acceptors (Lipinski definition) is 3. The van der Waals surface area contributed by atoms with Gasteiger partial charge in [0.1, 0.15) is 0 Å². The molecule has 3 rings (SSSR count). The number of anilines is 1. The van der Waals surface area contributed by atoms with Crippen LogP contribution in [0.25, 0.3) is 5.69 Å². The van der Waals surface area contributed by atoms with Crippen molar-refractivity contribution in [1.82, 2.24) is 20.1 Å². The van der Waals surface area contributed by atoms with Gasteiger partial charge in [0, 0.05) is 30.5 Å². The molecule has 0 saturated heterocycles. The fraction of sp³-hybridized carbons (Fsp3) is 0.118. The largest absolute Gasteiger partial charge is 0.331 e. The van der Waals surface area contributed by atoms with E-state index in [1.165, 1.54) is 0 Å². The van der Waals surface area contributed by atoms with E-state index in [-0.39, 0.29) is 12.1 Å². The number of urea groups is 1. The zero-order chi connectivity index (χ0) is 16.9. The smallest absolute Gasteiger partial charge is 0.319 e. The highest BCUT2D eigenvalue weighted by Gasteiger charge is 2.10. The monoisotopic (exact) mass is 341 g/mol. The van der Waals surface area contributed by atoms with Gasteiger partial charge in [-0.1, -0.05) is 11.6 Å². The number of pyridine rings is 1. The number of aromatic nitrogens is 3. The summed E-state index contributed by atoms with van der Waals surface area (Å²) in [4.78, 5) is 16.1. The van der Waals surface area contributed by atoms with Crippen molar-refractivity contribution in [2.24, 2.45) is 0 Å². The van der Waals surface area contributed by atoms with E-state index in [1.807, 2.05) is 25.1 Å². The molecule has 2 heterocycles. The van der Waals surface area contributed by atoms with E-state index in [9.17, 15) is 4.79 Å². The highest BCUT2D eigenvalue weighted by molar-refractivity contribution is 6.32. The highest BCUT2D eigenvalue weighted by atomic mass is 35.5. The van der Waals surface area contributed by atoms with Gasteiger partial charge >= 0.3 is 6.03 Å². The lowest BCUT2D eigenvalue weighted by molar-refractivity contribution is 0.249. The van der Waals surface area contributed by atoms with Crippen LogP contribution in [0.1, 0.15) is 18.5 Å². The first-order valence-corrected chi connectivity index (χ1v) is 7.78. The number of halogens is 1. The van der Waals surface area contributed by atoms with Crippen LogP contribution in [0.15, 0.2) is 61.2 Å². The molecule has 2 N–H and O–H groups in total. The molecule has 6 nitrogen and oxygen atoms in total. The second-order valence-corrected chi connectivity index (χ2v) is 5.62. The van der Waals surface area contributed by atoms with Crippen molar-refractivity contribution < 1.29 is 4.79 Å². The third-order valence-electron chi connectivity index (χ3n) is 3.51. The van der Waals surface area contributed by atoms with Gasteiger partial charge < -0.3 is 10.6 Å². The molecule has 2 aromatic heterocycles. The van der Waals surface area contributed by atoms with Crippen molar-refractivity contribution in [1.29, 1.82) is 0 Å². The summed E-state index contributed by atoms with van der Waals surface area (Å²) in [5.41, 5.74) is 2.33. The molecule has 0 bridgehead atoms. The number of hydrogen-bond donors (Lipinski definition) is 2. The lowest BCUT2D eigenvalue weighted by atomic mass is 10.1. The molecule has 0 aliphatic heterocycles. The number of nitrogens with one attached hydrogen (secondary N) is 2. The molecule has 1 unspecified atom stereocenters. The average Bonchev–Trinajstić information content (AvgIpc) is 3.10. The van der Waals surface area contributed by atoms with E-state index in [4.69, 9.17) is 11.6 Å². The minimum absolute atomic E-state index is 0.133. The standard InChI is InChI=1S/C17H16ClN5O/c1-12(13-5-8-19-9-6-13)21-17(24)22-14-3-4-16(15(18)11-14)23-10-2-7-20-23/h2-12H,1H3,(H2,21,22,24). The van der Waals surface area contributed by atoms with E-state index in [2.05, 4.69) is 20.7 Å². The zero-order valence-corrected chi connectivity index (χ0v) is 13.7. The van der Waals surface area contributed by atoms with Gasteiger partial charge in [-0.05, 0) is 48.9 Å². The van der Waals surface area contributed by atoms with Gasteiger partial charge in [-0.3, -0.25) is 4.98 Å². The Bertz CT molecular complexity index is 820. The molecule has 0 saturated carbocycles. The first-order valence-electron chi connectivity index (χ1n) is 7.40. The quantitative estimate of drug-likeness (QED) is 0.758. The maximum Gasteiger partial charge on any atom is 0.319 e. The van der Waals surface area contributed by atoms with Gasteiger partial charge in [0.15, 0.2) is 0 Å². The fourth-order valence-corrected chi connectivity index (χ4v) is 2.55. The Hall–Kier alpha value is -2.86. The molecule has 7 heteroatoms. The second kappa shape index (κ2) is 7.14. The summed E-state index contributed by atoms with van der Waals surface area (Å²) < 4.78 is 1.66. The summed E-state index contributed by atoms with van der Waals surface area (Å²) in [5.74, 6) is 0.